The molecule has 172 valence electrons. The highest BCUT2D eigenvalue weighted by atomic mass is 32.2. The summed E-state index contributed by atoms with van der Waals surface area (Å²) in [5.74, 6) is 1.17. The summed E-state index contributed by atoms with van der Waals surface area (Å²) in [5, 5.41) is 3.01. The molecule has 0 saturated heterocycles. The van der Waals surface area contributed by atoms with Gasteiger partial charge in [0.25, 0.3) is 5.91 Å². The van der Waals surface area contributed by atoms with Crippen molar-refractivity contribution in [3.63, 3.8) is 0 Å². The second-order valence-corrected chi connectivity index (χ2v) is 9.29. The summed E-state index contributed by atoms with van der Waals surface area (Å²) in [4.78, 5) is 36.3. The number of aromatic amines is 1. The normalized spacial score (nSPS) is 12.6. The first-order valence-electron chi connectivity index (χ1n) is 11.5. The first-order chi connectivity index (χ1) is 16.7. The molecule has 2 heterocycles. The molecule has 34 heavy (non-hydrogen) atoms. The van der Waals surface area contributed by atoms with Crippen LogP contribution in [0.3, 0.4) is 0 Å². The molecule has 4 aromatic rings. The number of para-hydroxylation sites is 3. The van der Waals surface area contributed by atoms with Crippen LogP contribution in [0.15, 0.2) is 77.7 Å². The van der Waals surface area contributed by atoms with Crippen LogP contribution < -0.4 is 10.2 Å². The average Bonchev–Trinajstić information content (AvgIpc) is 3.49. The first-order valence-corrected chi connectivity index (χ1v) is 12.5. The van der Waals surface area contributed by atoms with E-state index in [9.17, 15) is 9.59 Å². The van der Waals surface area contributed by atoms with Gasteiger partial charge < -0.3 is 15.2 Å². The molecular formula is C27H26N4O2S. The Morgan fingerprint density at radius 3 is 2.71 bits per heavy atom. The maximum atomic E-state index is 12.9. The minimum atomic E-state index is -0.119. The molecule has 1 aromatic heterocycles. The maximum absolute atomic E-state index is 12.9. The van der Waals surface area contributed by atoms with E-state index in [-0.39, 0.29) is 11.8 Å². The van der Waals surface area contributed by atoms with Gasteiger partial charge in [0.2, 0.25) is 5.91 Å². The fourth-order valence-corrected chi connectivity index (χ4v) is 5.20. The SMILES string of the molecule is O=C(NCCCc1nc2ccccc2[nH]1)c1ccccc1SCC(=O)N1CCc2ccccc21. The molecular weight excluding hydrogens is 444 g/mol. The van der Waals surface area contributed by atoms with Gasteiger partial charge in [0, 0.05) is 30.1 Å². The van der Waals surface area contributed by atoms with Crippen LogP contribution in [-0.2, 0) is 17.6 Å². The third-order valence-electron chi connectivity index (χ3n) is 5.99. The van der Waals surface area contributed by atoms with Crippen LogP contribution in [0.1, 0.15) is 28.2 Å². The Bertz CT molecular complexity index is 1300. The standard InChI is InChI=1S/C27H26N4O2S/c32-26(31-17-15-19-8-1-5-12-23(19)31)18-34-24-13-6-2-9-20(24)27(33)28-16-7-14-25-29-21-10-3-4-11-22(21)30-25/h1-6,8-13H,7,14-18H2,(H,28,33)(H,29,30). The van der Waals surface area contributed by atoms with Gasteiger partial charge in [-0.15, -0.1) is 11.8 Å². The fourth-order valence-electron chi connectivity index (χ4n) is 4.27. The number of carbonyl (C=O) groups excluding carboxylic acids is 2. The minimum Gasteiger partial charge on any atom is -0.352 e. The fraction of sp³-hybridized carbons (Fsp3) is 0.222. The summed E-state index contributed by atoms with van der Waals surface area (Å²) in [6.07, 6.45) is 2.44. The Labute approximate surface area is 202 Å². The molecule has 0 fully saturated rings. The Morgan fingerprint density at radius 2 is 1.79 bits per heavy atom. The molecule has 0 aliphatic carbocycles. The van der Waals surface area contributed by atoms with Crippen LogP contribution in [-0.4, -0.2) is 40.6 Å². The number of fused-ring (bicyclic) bond motifs is 2. The Morgan fingerprint density at radius 1 is 1.00 bits per heavy atom. The molecule has 0 radical (unpaired) electrons. The van der Waals surface area contributed by atoms with E-state index in [0.29, 0.717) is 24.4 Å². The number of benzene rings is 3. The number of rotatable bonds is 8. The maximum Gasteiger partial charge on any atom is 0.252 e. The van der Waals surface area contributed by atoms with Crippen molar-refractivity contribution in [1.29, 1.82) is 0 Å². The molecule has 0 saturated carbocycles. The van der Waals surface area contributed by atoms with Crippen LogP contribution in [0.4, 0.5) is 5.69 Å². The third kappa shape index (κ3) is 4.84. The Hall–Kier alpha value is -3.58. The van der Waals surface area contributed by atoms with E-state index in [0.717, 1.165) is 46.7 Å². The number of nitrogens with one attached hydrogen (secondary N) is 2. The quantitative estimate of drug-likeness (QED) is 0.291. The predicted octanol–water partition coefficient (Wildman–Crippen LogP) is 4.61. The van der Waals surface area contributed by atoms with E-state index >= 15 is 0 Å². The van der Waals surface area contributed by atoms with Gasteiger partial charge in [0.1, 0.15) is 5.82 Å². The molecule has 0 bridgehead atoms. The summed E-state index contributed by atoms with van der Waals surface area (Å²) >= 11 is 1.42. The molecule has 2 amide bonds. The highest BCUT2D eigenvalue weighted by Crippen LogP contribution is 2.29. The summed E-state index contributed by atoms with van der Waals surface area (Å²) in [6, 6.07) is 23.5. The molecule has 1 aliphatic heterocycles. The highest BCUT2D eigenvalue weighted by molar-refractivity contribution is 8.00. The predicted molar refractivity (Wildman–Crippen MR) is 136 cm³/mol. The lowest BCUT2D eigenvalue weighted by Crippen LogP contribution is -2.30. The van der Waals surface area contributed by atoms with Gasteiger partial charge in [0.15, 0.2) is 0 Å². The number of H-pyrrole nitrogens is 1. The third-order valence-corrected chi connectivity index (χ3v) is 7.04. The van der Waals surface area contributed by atoms with Gasteiger partial charge in [-0.2, -0.15) is 0 Å². The zero-order valence-electron chi connectivity index (χ0n) is 18.8. The number of aryl methyl sites for hydroxylation is 1. The number of nitrogens with zero attached hydrogens (tertiary/aromatic N) is 2. The lowest BCUT2D eigenvalue weighted by Gasteiger charge is -2.17. The van der Waals surface area contributed by atoms with Crippen molar-refractivity contribution in [3.8, 4) is 0 Å². The average molecular weight is 471 g/mol. The number of imidazole rings is 1. The second kappa shape index (κ2) is 10.1. The molecule has 3 aromatic carbocycles. The Kier molecular flexibility index (Phi) is 6.62. The van der Waals surface area contributed by atoms with Crippen LogP contribution >= 0.6 is 11.8 Å². The summed E-state index contributed by atoms with van der Waals surface area (Å²) in [7, 11) is 0. The van der Waals surface area contributed by atoms with Gasteiger partial charge in [-0.1, -0.05) is 42.5 Å². The van der Waals surface area contributed by atoms with Crippen molar-refractivity contribution in [1.82, 2.24) is 15.3 Å². The van der Waals surface area contributed by atoms with E-state index in [1.165, 1.54) is 17.3 Å². The van der Waals surface area contributed by atoms with Crippen molar-refractivity contribution in [3.05, 3.63) is 89.7 Å². The minimum absolute atomic E-state index is 0.0657. The number of thioether (sulfide) groups is 1. The molecule has 2 N–H and O–H groups in total. The smallest absolute Gasteiger partial charge is 0.252 e. The number of amides is 2. The number of anilines is 1. The van der Waals surface area contributed by atoms with Gasteiger partial charge >= 0.3 is 0 Å². The van der Waals surface area contributed by atoms with Crippen molar-refractivity contribution in [2.45, 2.75) is 24.2 Å². The topological polar surface area (TPSA) is 78.1 Å². The molecule has 5 rings (SSSR count). The highest BCUT2D eigenvalue weighted by Gasteiger charge is 2.24. The molecule has 6 nitrogen and oxygen atoms in total. The number of hydrogen-bond acceptors (Lipinski definition) is 4. The van der Waals surface area contributed by atoms with E-state index in [4.69, 9.17) is 0 Å². The summed E-state index contributed by atoms with van der Waals surface area (Å²) in [5.41, 5.74) is 4.80. The second-order valence-electron chi connectivity index (χ2n) is 8.27. The lowest BCUT2D eigenvalue weighted by molar-refractivity contribution is -0.116. The van der Waals surface area contributed by atoms with Crippen LogP contribution in [0.2, 0.25) is 0 Å². The molecule has 1 aliphatic rings. The van der Waals surface area contributed by atoms with E-state index in [1.807, 2.05) is 71.6 Å². The number of hydrogen-bond donors (Lipinski definition) is 2. The molecule has 0 spiro atoms. The molecule has 0 atom stereocenters. The zero-order valence-corrected chi connectivity index (χ0v) is 19.6. The summed E-state index contributed by atoms with van der Waals surface area (Å²) in [6.45, 7) is 1.27. The van der Waals surface area contributed by atoms with Crippen LogP contribution in [0, 0.1) is 0 Å². The number of carbonyl (C=O) groups is 2. The Balaban J connectivity index is 1.14. The summed E-state index contributed by atoms with van der Waals surface area (Å²) < 4.78 is 0. The van der Waals surface area contributed by atoms with Crippen molar-refractivity contribution in [2.75, 3.05) is 23.7 Å². The van der Waals surface area contributed by atoms with Crippen molar-refractivity contribution in [2.24, 2.45) is 0 Å². The van der Waals surface area contributed by atoms with E-state index in [2.05, 4.69) is 21.4 Å². The van der Waals surface area contributed by atoms with Crippen LogP contribution in [0.5, 0.6) is 0 Å². The van der Waals surface area contributed by atoms with Gasteiger partial charge in [0.05, 0.1) is 22.3 Å². The van der Waals surface area contributed by atoms with Gasteiger partial charge in [-0.3, -0.25) is 9.59 Å². The first kappa shape index (κ1) is 22.2. The zero-order chi connectivity index (χ0) is 23.3. The molecule has 7 heteroatoms. The molecule has 0 unspecified atom stereocenters. The van der Waals surface area contributed by atoms with Gasteiger partial charge in [-0.05, 0) is 48.7 Å². The number of aromatic nitrogens is 2. The van der Waals surface area contributed by atoms with E-state index < -0.39 is 0 Å². The van der Waals surface area contributed by atoms with Crippen LogP contribution in [0.25, 0.3) is 11.0 Å². The lowest BCUT2D eigenvalue weighted by atomic mass is 10.2. The van der Waals surface area contributed by atoms with E-state index in [1.54, 1.807) is 0 Å². The van der Waals surface area contributed by atoms with Crippen molar-refractivity contribution < 1.29 is 9.59 Å². The van der Waals surface area contributed by atoms with Crippen molar-refractivity contribution >= 4 is 40.3 Å². The largest absolute Gasteiger partial charge is 0.352 e. The monoisotopic (exact) mass is 470 g/mol. The van der Waals surface area contributed by atoms with Gasteiger partial charge in [-0.25, -0.2) is 4.98 Å².